The molecular formula is C12H11NO2S. The summed E-state index contributed by atoms with van der Waals surface area (Å²) in [4.78, 5) is 10.8. The molecule has 0 fully saturated rings. The SMILES string of the molecule is NCc1cc(C(=O)O)ccc1-c1ccsc1. The molecule has 2 aromatic rings. The Hall–Kier alpha value is -1.65. The Morgan fingerprint density at radius 2 is 2.19 bits per heavy atom. The van der Waals surface area contributed by atoms with Gasteiger partial charge in [-0.2, -0.15) is 11.3 Å². The van der Waals surface area contributed by atoms with Crippen LogP contribution >= 0.6 is 11.3 Å². The van der Waals surface area contributed by atoms with Crippen LogP contribution < -0.4 is 5.73 Å². The molecule has 82 valence electrons. The third-order valence-corrected chi connectivity index (χ3v) is 3.09. The van der Waals surface area contributed by atoms with Crippen molar-refractivity contribution in [3.63, 3.8) is 0 Å². The quantitative estimate of drug-likeness (QED) is 0.856. The molecule has 3 nitrogen and oxygen atoms in total. The van der Waals surface area contributed by atoms with E-state index in [2.05, 4.69) is 0 Å². The number of carbonyl (C=O) groups is 1. The molecule has 0 aliphatic carbocycles. The summed E-state index contributed by atoms with van der Waals surface area (Å²) >= 11 is 1.61. The predicted molar refractivity (Wildman–Crippen MR) is 64.6 cm³/mol. The molecule has 0 saturated heterocycles. The van der Waals surface area contributed by atoms with Crippen molar-refractivity contribution in [3.05, 3.63) is 46.2 Å². The highest BCUT2D eigenvalue weighted by Gasteiger charge is 2.09. The number of rotatable bonds is 3. The summed E-state index contributed by atoms with van der Waals surface area (Å²) in [6.45, 7) is 0.340. The van der Waals surface area contributed by atoms with E-state index in [1.165, 1.54) is 0 Å². The molecule has 0 aliphatic rings. The normalized spacial score (nSPS) is 10.3. The van der Waals surface area contributed by atoms with Crippen LogP contribution in [0.3, 0.4) is 0 Å². The second kappa shape index (κ2) is 4.47. The second-order valence-electron chi connectivity index (χ2n) is 3.39. The van der Waals surface area contributed by atoms with Crippen molar-refractivity contribution < 1.29 is 9.90 Å². The first-order chi connectivity index (χ1) is 7.72. The van der Waals surface area contributed by atoms with Crippen molar-refractivity contribution in [2.75, 3.05) is 0 Å². The zero-order valence-electron chi connectivity index (χ0n) is 8.51. The summed E-state index contributed by atoms with van der Waals surface area (Å²) in [6.07, 6.45) is 0. The van der Waals surface area contributed by atoms with Crippen molar-refractivity contribution in [1.29, 1.82) is 0 Å². The zero-order valence-corrected chi connectivity index (χ0v) is 9.33. The van der Waals surface area contributed by atoms with Gasteiger partial charge in [-0.15, -0.1) is 0 Å². The first-order valence-electron chi connectivity index (χ1n) is 4.81. The van der Waals surface area contributed by atoms with Crippen LogP contribution in [0.4, 0.5) is 0 Å². The molecule has 4 heteroatoms. The van der Waals surface area contributed by atoms with Gasteiger partial charge in [-0.05, 0) is 45.6 Å². The van der Waals surface area contributed by atoms with Crippen LogP contribution in [0.2, 0.25) is 0 Å². The van der Waals surface area contributed by atoms with Gasteiger partial charge in [0.15, 0.2) is 0 Å². The number of hydrogen-bond donors (Lipinski definition) is 2. The van der Waals surface area contributed by atoms with Crippen molar-refractivity contribution in [2.24, 2.45) is 5.73 Å². The topological polar surface area (TPSA) is 63.3 Å². The molecule has 0 saturated carbocycles. The highest BCUT2D eigenvalue weighted by Crippen LogP contribution is 2.26. The smallest absolute Gasteiger partial charge is 0.335 e. The van der Waals surface area contributed by atoms with E-state index >= 15 is 0 Å². The maximum absolute atomic E-state index is 10.8. The van der Waals surface area contributed by atoms with Crippen LogP contribution in [0.25, 0.3) is 11.1 Å². The van der Waals surface area contributed by atoms with Crippen molar-refractivity contribution in [2.45, 2.75) is 6.54 Å². The number of aromatic carboxylic acids is 1. The molecule has 1 aromatic carbocycles. The van der Waals surface area contributed by atoms with E-state index in [1.54, 1.807) is 23.5 Å². The summed E-state index contributed by atoms with van der Waals surface area (Å²) < 4.78 is 0. The van der Waals surface area contributed by atoms with E-state index in [0.717, 1.165) is 16.7 Å². The molecule has 0 amide bonds. The Balaban J connectivity index is 2.51. The van der Waals surface area contributed by atoms with E-state index in [-0.39, 0.29) is 5.56 Å². The molecule has 0 aliphatic heterocycles. The van der Waals surface area contributed by atoms with Gasteiger partial charge in [0.2, 0.25) is 0 Å². The maximum atomic E-state index is 10.8. The summed E-state index contributed by atoms with van der Waals surface area (Å²) in [5.41, 5.74) is 8.87. The average molecular weight is 233 g/mol. The first kappa shape index (κ1) is 10.9. The number of benzene rings is 1. The molecule has 0 unspecified atom stereocenters. The largest absolute Gasteiger partial charge is 0.478 e. The minimum atomic E-state index is -0.924. The first-order valence-corrected chi connectivity index (χ1v) is 5.75. The third-order valence-electron chi connectivity index (χ3n) is 2.40. The van der Waals surface area contributed by atoms with Crippen LogP contribution in [-0.2, 0) is 6.54 Å². The fraction of sp³-hybridized carbons (Fsp3) is 0.0833. The van der Waals surface area contributed by atoms with Crippen LogP contribution in [0.1, 0.15) is 15.9 Å². The van der Waals surface area contributed by atoms with Gasteiger partial charge in [-0.1, -0.05) is 6.07 Å². The van der Waals surface area contributed by atoms with Crippen LogP contribution in [0, 0.1) is 0 Å². The number of thiophene rings is 1. The number of hydrogen-bond acceptors (Lipinski definition) is 3. The number of carboxylic acid groups (broad SMARTS) is 1. The minimum absolute atomic E-state index is 0.277. The van der Waals surface area contributed by atoms with Gasteiger partial charge in [0.25, 0.3) is 0 Å². The molecule has 2 rings (SSSR count). The minimum Gasteiger partial charge on any atom is -0.478 e. The molecule has 0 radical (unpaired) electrons. The van der Waals surface area contributed by atoms with E-state index < -0.39 is 5.97 Å². The Labute approximate surface area is 97.2 Å². The fourth-order valence-electron chi connectivity index (χ4n) is 1.59. The monoisotopic (exact) mass is 233 g/mol. The highest BCUT2D eigenvalue weighted by molar-refractivity contribution is 7.08. The average Bonchev–Trinajstić information content (AvgIpc) is 2.81. The maximum Gasteiger partial charge on any atom is 0.335 e. The Bertz CT molecular complexity index is 506. The van der Waals surface area contributed by atoms with Crippen molar-refractivity contribution in [1.82, 2.24) is 0 Å². The lowest BCUT2D eigenvalue weighted by Crippen LogP contribution is -2.03. The predicted octanol–water partition coefficient (Wildman–Crippen LogP) is 2.57. The number of carboxylic acids is 1. The summed E-state index contributed by atoms with van der Waals surface area (Å²) in [5.74, 6) is -0.924. The summed E-state index contributed by atoms with van der Waals surface area (Å²) in [7, 11) is 0. The Morgan fingerprint density at radius 1 is 1.38 bits per heavy atom. The Morgan fingerprint density at radius 3 is 2.75 bits per heavy atom. The molecule has 16 heavy (non-hydrogen) atoms. The van der Waals surface area contributed by atoms with Crippen LogP contribution in [-0.4, -0.2) is 11.1 Å². The van der Waals surface area contributed by atoms with Crippen LogP contribution in [0.5, 0.6) is 0 Å². The number of nitrogens with two attached hydrogens (primary N) is 1. The van der Waals surface area contributed by atoms with Gasteiger partial charge in [-0.25, -0.2) is 4.79 Å². The molecule has 3 N–H and O–H groups in total. The zero-order chi connectivity index (χ0) is 11.5. The van der Waals surface area contributed by atoms with Gasteiger partial charge in [0.05, 0.1) is 5.56 Å². The highest BCUT2D eigenvalue weighted by atomic mass is 32.1. The van der Waals surface area contributed by atoms with Gasteiger partial charge < -0.3 is 10.8 Å². The molecule has 1 aromatic heterocycles. The van der Waals surface area contributed by atoms with Crippen molar-refractivity contribution >= 4 is 17.3 Å². The lowest BCUT2D eigenvalue weighted by atomic mass is 9.99. The van der Waals surface area contributed by atoms with E-state index in [4.69, 9.17) is 10.8 Å². The van der Waals surface area contributed by atoms with E-state index in [1.807, 2.05) is 22.9 Å². The van der Waals surface area contributed by atoms with Crippen LogP contribution in [0.15, 0.2) is 35.0 Å². The lowest BCUT2D eigenvalue weighted by Gasteiger charge is -2.07. The molecule has 0 spiro atoms. The molecule has 0 bridgehead atoms. The second-order valence-corrected chi connectivity index (χ2v) is 4.17. The Kier molecular flexibility index (Phi) is 3.03. The van der Waals surface area contributed by atoms with E-state index in [9.17, 15) is 4.79 Å². The van der Waals surface area contributed by atoms with Gasteiger partial charge >= 0.3 is 5.97 Å². The van der Waals surface area contributed by atoms with Gasteiger partial charge in [0, 0.05) is 6.54 Å². The van der Waals surface area contributed by atoms with Crippen molar-refractivity contribution in [3.8, 4) is 11.1 Å². The lowest BCUT2D eigenvalue weighted by molar-refractivity contribution is 0.0697. The van der Waals surface area contributed by atoms with Gasteiger partial charge in [-0.3, -0.25) is 0 Å². The van der Waals surface area contributed by atoms with Gasteiger partial charge in [0.1, 0.15) is 0 Å². The molecule has 0 atom stereocenters. The molecule has 1 heterocycles. The summed E-state index contributed by atoms with van der Waals surface area (Å²) in [6, 6.07) is 7.05. The van der Waals surface area contributed by atoms with E-state index in [0.29, 0.717) is 6.54 Å². The standard InChI is InChI=1S/C12H11NO2S/c13-6-10-5-8(12(14)15)1-2-11(10)9-3-4-16-7-9/h1-5,7H,6,13H2,(H,14,15). The summed E-state index contributed by atoms with van der Waals surface area (Å²) in [5, 5.41) is 12.9. The molecular weight excluding hydrogens is 222 g/mol. The fourth-order valence-corrected chi connectivity index (χ4v) is 2.25. The third kappa shape index (κ3) is 1.98.